The lowest BCUT2D eigenvalue weighted by Gasteiger charge is -2.23. The molecule has 1 fully saturated rings. The van der Waals surface area contributed by atoms with E-state index in [1.165, 1.54) is 6.42 Å². The fraction of sp³-hybridized carbons (Fsp3) is 0.909. The number of nitrogens with one attached hydrogen (secondary N) is 2. The van der Waals surface area contributed by atoms with Crippen LogP contribution < -0.4 is 10.6 Å². The summed E-state index contributed by atoms with van der Waals surface area (Å²) in [6.45, 7) is 10.1. The molecule has 3 atom stereocenters. The van der Waals surface area contributed by atoms with Crippen LogP contribution in [0.2, 0.25) is 0 Å². The monoisotopic (exact) mass is 198 g/mol. The van der Waals surface area contributed by atoms with Crippen LogP contribution in [-0.4, -0.2) is 23.5 Å². The number of carbonyl (C=O) groups is 1. The number of hydrogen-bond donors (Lipinski definition) is 2. The van der Waals surface area contributed by atoms with Gasteiger partial charge in [0.25, 0.3) is 0 Å². The fourth-order valence-electron chi connectivity index (χ4n) is 1.43. The van der Waals surface area contributed by atoms with Crippen LogP contribution in [0.25, 0.3) is 0 Å². The van der Waals surface area contributed by atoms with Crippen molar-refractivity contribution in [2.24, 2.45) is 5.92 Å². The molecular formula is C11H22N2O. The van der Waals surface area contributed by atoms with Gasteiger partial charge < -0.3 is 10.6 Å². The minimum absolute atomic E-state index is 0.0795. The van der Waals surface area contributed by atoms with E-state index in [4.69, 9.17) is 0 Å². The molecule has 1 aliphatic rings. The standard InChI is InChI=1S/C11H22N2O/c1-7-6-9(7)12-8(2)10(14)13-11(3,4)5/h7-9,12H,6H2,1-5H3,(H,13,14). The first-order chi connectivity index (χ1) is 6.29. The first-order valence-electron chi connectivity index (χ1n) is 5.37. The highest BCUT2D eigenvalue weighted by Gasteiger charge is 2.34. The second-order valence-corrected chi connectivity index (χ2v) is 5.45. The Balaban J connectivity index is 2.29. The molecule has 1 saturated carbocycles. The molecular weight excluding hydrogens is 176 g/mol. The summed E-state index contributed by atoms with van der Waals surface area (Å²) in [5.74, 6) is 0.830. The van der Waals surface area contributed by atoms with E-state index in [-0.39, 0.29) is 17.5 Å². The summed E-state index contributed by atoms with van der Waals surface area (Å²) in [5, 5.41) is 6.28. The Kier molecular flexibility index (Phi) is 3.20. The van der Waals surface area contributed by atoms with E-state index in [0.717, 1.165) is 5.92 Å². The lowest BCUT2D eigenvalue weighted by atomic mass is 10.1. The average Bonchev–Trinajstić information content (AvgIpc) is 2.62. The van der Waals surface area contributed by atoms with Gasteiger partial charge in [-0.2, -0.15) is 0 Å². The molecule has 82 valence electrons. The molecule has 0 saturated heterocycles. The van der Waals surface area contributed by atoms with Crippen molar-refractivity contribution in [1.82, 2.24) is 10.6 Å². The third-order valence-electron chi connectivity index (χ3n) is 2.47. The molecule has 0 bridgehead atoms. The molecule has 0 aromatic heterocycles. The third-order valence-corrected chi connectivity index (χ3v) is 2.47. The van der Waals surface area contributed by atoms with Gasteiger partial charge in [-0.1, -0.05) is 6.92 Å². The maximum absolute atomic E-state index is 11.7. The highest BCUT2D eigenvalue weighted by molar-refractivity contribution is 5.82. The normalized spacial score (nSPS) is 28.4. The van der Waals surface area contributed by atoms with Gasteiger partial charge in [0.15, 0.2) is 0 Å². The summed E-state index contributed by atoms with van der Waals surface area (Å²) in [6, 6.07) is 0.472. The molecule has 0 aromatic rings. The van der Waals surface area contributed by atoms with E-state index >= 15 is 0 Å². The highest BCUT2D eigenvalue weighted by atomic mass is 16.2. The molecule has 1 amide bonds. The zero-order valence-corrected chi connectivity index (χ0v) is 9.85. The summed E-state index contributed by atoms with van der Waals surface area (Å²) >= 11 is 0. The van der Waals surface area contributed by atoms with Crippen molar-refractivity contribution in [3.63, 3.8) is 0 Å². The Hall–Kier alpha value is -0.570. The van der Waals surface area contributed by atoms with Crippen LogP contribution in [0.1, 0.15) is 41.0 Å². The van der Waals surface area contributed by atoms with Crippen molar-refractivity contribution in [2.75, 3.05) is 0 Å². The van der Waals surface area contributed by atoms with E-state index in [9.17, 15) is 4.79 Å². The van der Waals surface area contributed by atoms with Gasteiger partial charge >= 0.3 is 0 Å². The Morgan fingerprint density at radius 2 is 1.93 bits per heavy atom. The van der Waals surface area contributed by atoms with E-state index in [1.54, 1.807) is 0 Å². The predicted octanol–water partition coefficient (Wildman–Crippen LogP) is 1.29. The molecule has 3 heteroatoms. The van der Waals surface area contributed by atoms with Gasteiger partial charge in [-0.15, -0.1) is 0 Å². The van der Waals surface area contributed by atoms with E-state index in [0.29, 0.717) is 6.04 Å². The molecule has 2 N–H and O–H groups in total. The van der Waals surface area contributed by atoms with E-state index in [1.807, 2.05) is 27.7 Å². The minimum atomic E-state index is -0.137. The summed E-state index contributed by atoms with van der Waals surface area (Å²) in [7, 11) is 0. The van der Waals surface area contributed by atoms with Crippen LogP contribution >= 0.6 is 0 Å². The molecule has 1 rings (SSSR count). The quantitative estimate of drug-likeness (QED) is 0.717. The Bertz CT molecular complexity index is 220. The third kappa shape index (κ3) is 3.66. The largest absolute Gasteiger partial charge is 0.350 e. The van der Waals surface area contributed by atoms with Crippen molar-refractivity contribution in [3.8, 4) is 0 Å². The SMILES string of the molecule is CC(NC1CC1C)C(=O)NC(C)(C)C. The number of hydrogen-bond acceptors (Lipinski definition) is 2. The van der Waals surface area contributed by atoms with Crippen LogP contribution in [0.3, 0.4) is 0 Å². The zero-order valence-electron chi connectivity index (χ0n) is 9.85. The molecule has 3 unspecified atom stereocenters. The molecule has 14 heavy (non-hydrogen) atoms. The molecule has 0 spiro atoms. The highest BCUT2D eigenvalue weighted by Crippen LogP contribution is 2.29. The van der Waals surface area contributed by atoms with Crippen LogP contribution in [0, 0.1) is 5.92 Å². The number of carbonyl (C=O) groups excluding carboxylic acids is 1. The molecule has 0 radical (unpaired) electrons. The van der Waals surface area contributed by atoms with Crippen molar-refractivity contribution in [1.29, 1.82) is 0 Å². The van der Waals surface area contributed by atoms with Crippen molar-refractivity contribution in [3.05, 3.63) is 0 Å². The van der Waals surface area contributed by atoms with Crippen molar-refractivity contribution in [2.45, 2.75) is 58.7 Å². The zero-order chi connectivity index (χ0) is 10.9. The first-order valence-corrected chi connectivity index (χ1v) is 5.37. The average molecular weight is 198 g/mol. The Morgan fingerprint density at radius 3 is 2.29 bits per heavy atom. The van der Waals surface area contributed by atoms with Crippen LogP contribution in [0.15, 0.2) is 0 Å². The second-order valence-electron chi connectivity index (χ2n) is 5.45. The number of rotatable bonds is 3. The topological polar surface area (TPSA) is 41.1 Å². The van der Waals surface area contributed by atoms with Gasteiger partial charge in [-0.25, -0.2) is 0 Å². The minimum Gasteiger partial charge on any atom is -0.350 e. The van der Waals surface area contributed by atoms with Gasteiger partial charge in [-0.05, 0) is 40.0 Å². The predicted molar refractivity (Wildman–Crippen MR) is 58.1 cm³/mol. The molecule has 0 heterocycles. The lowest BCUT2D eigenvalue weighted by molar-refractivity contribution is -0.124. The van der Waals surface area contributed by atoms with Crippen molar-refractivity contribution < 1.29 is 4.79 Å². The van der Waals surface area contributed by atoms with E-state index < -0.39 is 0 Å². The van der Waals surface area contributed by atoms with E-state index in [2.05, 4.69) is 17.6 Å². The van der Waals surface area contributed by atoms with Crippen LogP contribution in [-0.2, 0) is 4.79 Å². The maximum Gasteiger partial charge on any atom is 0.237 e. The molecule has 1 aliphatic carbocycles. The Morgan fingerprint density at radius 1 is 1.43 bits per heavy atom. The summed E-state index contributed by atoms with van der Waals surface area (Å²) < 4.78 is 0. The lowest BCUT2D eigenvalue weighted by Crippen LogP contribution is -2.50. The smallest absolute Gasteiger partial charge is 0.237 e. The second kappa shape index (κ2) is 3.89. The van der Waals surface area contributed by atoms with Crippen molar-refractivity contribution >= 4 is 5.91 Å². The van der Waals surface area contributed by atoms with Gasteiger partial charge in [0.1, 0.15) is 0 Å². The molecule has 0 aliphatic heterocycles. The number of amides is 1. The van der Waals surface area contributed by atoms with Gasteiger partial charge in [0.2, 0.25) is 5.91 Å². The summed E-state index contributed by atoms with van der Waals surface area (Å²) in [6.07, 6.45) is 1.20. The van der Waals surface area contributed by atoms with Gasteiger partial charge in [0, 0.05) is 11.6 Å². The Labute approximate surface area is 86.6 Å². The molecule has 3 nitrogen and oxygen atoms in total. The summed E-state index contributed by atoms with van der Waals surface area (Å²) in [5.41, 5.74) is -0.137. The van der Waals surface area contributed by atoms with Crippen LogP contribution in [0.4, 0.5) is 0 Å². The first kappa shape index (κ1) is 11.5. The fourth-order valence-corrected chi connectivity index (χ4v) is 1.43. The summed E-state index contributed by atoms with van der Waals surface area (Å²) in [4.78, 5) is 11.7. The molecule has 0 aromatic carbocycles. The van der Waals surface area contributed by atoms with Gasteiger partial charge in [0.05, 0.1) is 6.04 Å². The maximum atomic E-state index is 11.7. The van der Waals surface area contributed by atoms with Crippen LogP contribution in [0.5, 0.6) is 0 Å². The van der Waals surface area contributed by atoms with Gasteiger partial charge in [-0.3, -0.25) is 4.79 Å².